The lowest BCUT2D eigenvalue weighted by atomic mass is 9.91. The van der Waals surface area contributed by atoms with Gasteiger partial charge in [-0.2, -0.15) is 0 Å². The van der Waals surface area contributed by atoms with Gasteiger partial charge in [0.25, 0.3) is 5.91 Å². The molecule has 0 spiro atoms. The first kappa shape index (κ1) is 20.5. The molecule has 0 aliphatic heterocycles. The molecule has 1 amide bonds. The first-order valence-electron chi connectivity index (χ1n) is 11.3. The van der Waals surface area contributed by atoms with Crippen molar-refractivity contribution in [3.8, 4) is 0 Å². The zero-order valence-corrected chi connectivity index (χ0v) is 18.3. The van der Waals surface area contributed by atoms with Crippen LogP contribution in [0.5, 0.6) is 0 Å². The lowest BCUT2D eigenvalue weighted by molar-refractivity contribution is 0.0951. The molecule has 2 aromatic carbocycles. The van der Waals surface area contributed by atoms with Crippen molar-refractivity contribution in [2.75, 3.05) is 0 Å². The second kappa shape index (κ2) is 8.97. The largest absolute Gasteiger partial charge is 0.357 e. The molecule has 1 unspecified atom stereocenters. The first-order valence-corrected chi connectivity index (χ1v) is 11.3. The predicted molar refractivity (Wildman–Crippen MR) is 127 cm³/mol. The number of H-pyrrole nitrogens is 1. The molecule has 0 bridgehead atoms. The summed E-state index contributed by atoms with van der Waals surface area (Å²) in [6.07, 6.45) is 6.80. The average Bonchev–Trinajstić information content (AvgIpc) is 3.21. The Kier molecular flexibility index (Phi) is 5.73. The van der Waals surface area contributed by atoms with Crippen LogP contribution in [0.25, 0.3) is 10.9 Å². The van der Waals surface area contributed by atoms with E-state index in [1.54, 1.807) is 12.4 Å². The summed E-state index contributed by atoms with van der Waals surface area (Å²) < 4.78 is 0. The molecule has 0 radical (unpaired) electrons. The van der Waals surface area contributed by atoms with Gasteiger partial charge < -0.3 is 15.6 Å². The van der Waals surface area contributed by atoms with Crippen LogP contribution in [0.15, 0.2) is 67.0 Å². The molecular weight excluding hydrogens is 396 g/mol. The molecule has 0 fully saturated rings. The van der Waals surface area contributed by atoms with Crippen LogP contribution >= 0.6 is 0 Å². The number of aromatic amines is 1. The molecule has 2 aromatic heterocycles. The summed E-state index contributed by atoms with van der Waals surface area (Å²) in [7, 11) is 0. The minimum Gasteiger partial charge on any atom is -0.357 e. The van der Waals surface area contributed by atoms with Crippen LogP contribution < -0.4 is 10.6 Å². The first-order chi connectivity index (χ1) is 15.7. The molecule has 2 heterocycles. The van der Waals surface area contributed by atoms with Crippen molar-refractivity contribution in [2.45, 2.75) is 45.3 Å². The van der Waals surface area contributed by atoms with Crippen LogP contribution in [0.2, 0.25) is 0 Å². The van der Waals surface area contributed by atoms with Crippen LogP contribution in [0.1, 0.15) is 57.2 Å². The molecule has 1 atom stereocenters. The molecule has 5 rings (SSSR count). The van der Waals surface area contributed by atoms with Crippen molar-refractivity contribution in [3.05, 3.63) is 101 Å². The fourth-order valence-electron chi connectivity index (χ4n) is 4.54. The van der Waals surface area contributed by atoms with E-state index in [0.29, 0.717) is 18.2 Å². The average molecular weight is 425 g/mol. The molecule has 4 aromatic rings. The zero-order valence-electron chi connectivity index (χ0n) is 18.3. The van der Waals surface area contributed by atoms with Gasteiger partial charge in [0.1, 0.15) is 0 Å². The highest BCUT2D eigenvalue weighted by Crippen LogP contribution is 2.35. The number of aryl methyl sites for hydroxylation is 2. The van der Waals surface area contributed by atoms with Crippen molar-refractivity contribution in [1.82, 2.24) is 20.6 Å². The van der Waals surface area contributed by atoms with Crippen molar-refractivity contribution in [2.24, 2.45) is 0 Å². The highest BCUT2D eigenvalue weighted by molar-refractivity contribution is 5.99. The fourth-order valence-corrected chi connectivity index (χ4v) is 4.54. The number of aromatic nitrogens is 2. The minimum atomic E-state index is -0.0597. The SMILES string of the molecule is Cc1ccc(CNC2CCCc3c2[nH]c2ccc(C(=O)NCc4cccnc4)cc32)cc1. The topological polar surface area (TPSA) is 69.8 Å². The van der Waals surface area contributed by atoms with Crippen molar-refractivity contribution >= 4 is 16.8 Å². The number of benzene rings is 2. The quantitative estimate of drug-likeness (QED) is 0.409. The number of hydrogen-bond donors (Lipinski definition) is 3. The number of hydrogen-bond acceptors (Lipinski definition) is 3. The van der Waals surface area contributed by atoms with Gasteiger partial charge in [-0.1, -0.05) is 35.9 Å². The van der Waals surface area contributed by atoms with Gasteiger partial charge in [-0.25, -0.2) is 0 Å². The number of nitrogens with one attached hydrogen (secondary N) is 3. The Labute approximate surface area is 188 Å². The van der Waals surface area contributed by atoms with Crippen LogP contribution in [0.3, 0.4) is 0 Å². The van der Waals surface area contributed by atoms with E-state index in [2.05, 4.69) is 51.8 Å². The third-order valence-corrected chi connectivity index (χ3v) is 6.32. The Balaban J connectivity index is 1.33. The molecule has 3 N–H and O–H groups in total. The van der Waals surface area contributed by atoms with Gasteiger partial charge in [0.15, 0.2) is 0 Å². The number of amides is 1. The Morgan fingerprint density at radius 2 is 1.97 bits per heavy atom. The summed E-state index contributed by atoms with van der Waals surface area (Å²) in [5, 5.41) is 7.90. The standard InChI is InChI=1S/C27H28N4O/c1-18-7-9-19(10-8-18)16-29-25-6-2-5-22-23-14-21(11-12-24(23)31-26(22)25)27(32)30-17-20-4-3-13-28-15-20/h3-4,7-15,25,29,31H,2,5-6,16-17H2,1H3,(H,30,32). The summed E-state index contributed by atoms with van der Waals surface area (Å²) in [6, 6.07) is 18.8. The van der Waals surface area contributed by atoms with E-state index in [0.717, 1.165) is 42.3 Å². The van der Waals surface area contributed by atoms with Crippen molar-refractivity contribution < 1.29 is 4.79 Å². The van der Waals surface area contributed by atoms with Crippen LogP contribution in [-0.2, 0) is 19.5 Å². The Bertz CT molecular complexity index is 1230. The monoisotopic (exact) mass is 424 g/mol. The lowest BCUT2D eigenvalue weighted by Crippen LogP contribution is -2.24. The highest BCUT2D eigenvalue weighted by atomic mass is 16.1. The summed E-state index contributed by atoms with van der Waals surface area (Å²) in [5.74, 6) is -0.0597. The van der Waals surface area contributed by atoms with Gasteiger partial charge in [0, 0.05) is 53.7 Å². The maximum Gasteiger partial charge on any atom is 0.251 e. The van der Waals surface area contributed by atoms with Crippen LogP contribution in [0.4, 0.5) is 0 Å². The van der Waals surface area contributed by atoms with Gasteiger partial charge in [0.05, 0.1) is 0 Å². The van der Waals surface area contributed by atoms with E-state index >= 15 is 0 Å². The van der Waals surface area contributed by atoms with Gasteiger partial charge in [-0.3, -0.25) is 9.78 Å². The van der Waals surface area contributed by atoms with Gasteiger partial charge in [0.2, 0.25) is 0 Å². The predicted octanol–water partition coefficient (Wildman–Crippen LogP) is 4.97. The summed E-state index contributed by atoms with van der Waals surface area (Å²) in [5.41, 5.74) is 7.97. The minimum absolute atomic E-state index is 0.0597. The number of rotatable bonds is 6. The molecule has 32 heavy (non-hydrogen) atoms. The highest BCUT2D eigenvalue weighted by Gasteiger charge is 2.24. The van der Waals surface area contributed by atoms with Gasteiger partial charge in [-0.05, 0) is 67.1 Å². The molecule has 5 heteroatoms. The van der Waals surface area contributed by atoms with E-state index in [4.69, 9.17) is 0 Å². The van der Waals surface area contributed by atoms with Crippen LogP contribution in [0, 0.1) is 6.92 Å². The summed E-state index contributed by atoms with van der Waals surface area (Å²) in [4.78, 5) is 20.5. The fraction of sp³-hybridized carbons (Fsp3) is 0.259. The third-order valence-electron chi connectivity index (χ3n) is 6.32. The van der Waals surface area contributed by atoms with Crippen LogP contribution in [-0.4, -0.2) is 15.9 Å². The maximum atomic E-state index is 12.7. The van der Waals surface area contributed by atoms with Crippen molar-refractivity contribution in [1.29, 1.82) is 0 Å². The third kappa shape index (κ3) is 4.30. The number of nitrogens with zero attached hydrogens (tertiary/aromatic N) is 1. The number of carbonyl (C=O) groups excluding carboxylic acids is 1. The number of fused-ring (bicyclic) bond motifs is 3. The van der Waals surface area contributed by atoms with E-state index < -0.39 is 0 Å². The zero-order chi connectivity index (χ0) is 21.9. The molecule has 1 aliphatic carbocycles. The summed E-state index contributed by atoms with van der Waals surface area (Å²) in [6.45, 7) is 3.44. The smallest absolute Gasteiger partial charge is 0.251 e. The molecule has 0 saturated carbocycles. The molecule has 5 nitrogen and oxygen atoms in total. The van der Waals surface area contributed by atoms with Gasteiger partial charge in [-0.15, -0.1) is 0 Å². The molecule has 162 valence electrons. The Morgan fingerprint density at radius 3 is 2.78 bits per heavy atom. The van der Waals surface area contributed by atoms with E-state index in [1.807, 2.05) is 30.3 Å². The Morgan fingerprint density at radius 1 is 1.09 bits per heavy atom. The van der Waals surface area contributed by atoms with Gasteiger partial charge >= 0.3 is 0 Å². The second-order valence-corrected chi connectivity index (χ2v) is 8.63. The van der Waals surface area contributed by atoms with Crippen molar-refractivity contribution in [3.63, 3.8) is 0 Å². The molecule has 1 aliphatic rings. The normalized spacial score (nSPS) is 15.5. The number of pyridine rings is 1. The van der Waals surface area contributed by atoms with E-state index in [1.165, 1.54) is 22.4 Å². The lowest BCUT2D eigenvalue weighted by Gasteiger charge is -2.24. The maximum absolute atomic E-state index is 12.7. The number of carbonyl (C=O) groups is 1. The summed E-state index contributed by atoms with van der Waals surface area (Å²) >= 11 is 0. The molecule has 0 saturated heterocycles. The Hall–Kier alpha value is -3.44. The van der Waals surface area contributed by atoms with E-state index in [-0.39, 0.29) is 5.91 Å². The molecular formula is C27H28N4O. The second-order valence-electron chi connectivity index (χ2n) is 8.63. The van der Waals surface area contributed by atoms with E-state index in [9.17, 15) is 4.79 Å².